The van der Waals surface area contributed by atoms with Gasteiger partial charge in [0.1, 0.15) is 0 Å². The molecule has 1 aromatic carbocycles. The fraction of sp³-hybridized carbons (Fsp3) is 0.600. The Morgan fingerprint density at radius 3 is 1.59 bits per heavy atom. The molecule has 6 nitrogen and oxygen atoms in total. The number of methoxy groups -OCH3 is 3. The standard InChI is InChI=1S/C15H26O6Si/c1-7-19-22(20-8-2,21-9-3)13-11-10-12(16-4)14(17-5)15(13)18-6/h10-11H,7-9H2,1-6H3. The van der Waals surface area contributed by atoms with Crippen molar-refractivity contribution in [1.82, 2.24) is 0 Å². The lowest BCUT2D eigenvalue weighted by Gasteiger charge is -2.30. The minimum Gasteiger partial charge on any atom is -0.493 e. The Bertz CT molecular complexity index is 449. The van der Waals surface area contributed by atoms with Crippen molar-refractivity contribution in [2.75, 3.05) is 41.2 Å². The van der Waals surface area contributed by atoms with Crippen molar-refractivity contribution in [1.29, 1.82) is 0 Å². The van der Waals surface area contributed by atoms with Crippen molar-refractivity contribution < 1.29 is 27.5 Å². The molecule has 0 saturated heterocycles. The highest BCUT2D eigenvalue weighted by molar-refractivity contribution is 6.76. The summed E-state index contributed by atoms with van der Waals surface area (Å²) in [5.41, 5.74) is 0. The first-order valence-electron chi connectivity index (χ1n) is 7.35. The molecule has 0 saturated carbocycles. The first kappa shape index (κ1) is 18.8. The molecule has 0 amide bonds. The lowest BCUT2D eigenvalue weighted by molar-refractivity contribution is 0.0852. The molecule has 1 aromatic rings. The number of rotatable bonds is 10. The number of hydrogen-bond donors (Lipinski definition) is 0. The van der Waals surface area contributed by atoms with Gasteiger partial charge in [-0.15, -0.1) is 0 Å². The van der Waals surface area contributed by atoms with Crippen LogP contribution in [0.1, 0.15) is 20.8 Å². The maximum Gasteiger partial charge on any atom is 0.541 e. The summed E-state index contributed by atoms with van der Waals surface area (Å²) in [4.78, 5) is 0. The minimum atomic E-state index is -3.08. The molecule has 0 aromatic heterocycles. The summed E-state index contributed by atoms with van der Waals surface area (Å²) < 4.78 is 34.1. The van der Waals surface area contributed by atoms with E-state index in [1.165, 1.54) is 0 Å². The molecule has 0 unspecified atom stereocenters. The van der Waals surface area contributed by atoms with E-state index in [0.29, 0.717) is 37.1 Å². The normalized spacial score (nSPS) is 11.4. The molecule has 0 bridgehead atoms. The van der Waals surface area contributed by atoms with Crippen molar-refractivity contribution in [3.05, 3.63) is 12.1 Å². The van der Waals surface area contributed by atoms with Crippen LogP contribution in [-0.4, -0.2) is 50.0 Å². The lowest BCUT2D eigenvalue weighted by Crippen LogP contribution is -2.57. The van der Waals surface area contributed by atoms with Gasteiger partial charge in [0.2, 0.25) is 5.75 Å². The van der Waals surface area contributed by atoms with Crippen LogP contribution in [0.5, 0.6) is 17.2 Å². The maximum absolute atomic E-state index is 5.93. The van der Waals surface area contributed by atoms with Crippen LogP contribution in [0.25, 0.3) is 0 Å². The Kier molecular flexibility index (Phi) is 7.67. The van der Waals surface area contributed by atoms with E-state index in [0.717, 1.165) is 5.19 Å². The molecule has 0 atom stereocenters. The summed E-state index contributed by atoms with van der Waals surface area (Å²) in [5.74, 6) is 1.60. The topological polar surface area (TPSA) is 55.4 Å². The van der Waals surface area contributed by atoms with E-state index in [4.69, 9.17) is 27.5 Å². The Morgan fingerprint density at radius 1 is 0.727 bits per heavy atom. The van der Waals surface area contributed by atoms with Crippen molar-refractivity contribution in [3.63, 3.8) is 0 Å². The van der Waals surface area contributed by atoms with Crippen molar-refractivity contribution >= 4 is 14.0 Å². The van der Waals surface area contributed by atoms with Gasteiger partial charge < -0.3 is 27.5 Å². The predicted octanol–water partition coefficient (Wildman–Crippen LogP) is 1.97. The second kappa shape index (κ2) is 8.99. The largest absolute Gasteiger partial charge is 0.541 e. The highest BCUT2D eigenvalue weighted by Crippen LogP contribution is 2.37. The van der Waals surface area contributed by atoms with Crippen LogP contribution in [-0.2, 0) is 13.3 Å². The van der Waals surface area contributed by atoms with E-state index in [1.807, 2.05) is 26.8 Å². The lowest BCUT2D eigenvalue weighted by atomic mass is 10.3. The van der Waals surface area contributed by atoms with Gasteiger partial charge in [-0.25, -0.2) is 0 Å². The third kappa shape index (κ3) is 3.72. The van der Waals surface area contributed by atoms with Crippen molar-refractivity contribution in [2.45, 2.75) is 20.8 Å². The Morgan fingerprint density at radius 2 is 1.23 bits per heavy atom. The zero-order chi connectivity index (χ0) is 16.6. The average molecular weight is 330 g/mol. The third-order valence-corrected chi connectivity index (χ3v) is 6.10. The number of ether oxygens (including phenoxy) is 3. The van der Waals surface area contributed by atoms with Crippen LogP contribution in [0, 0.1) is 0 Å². The summed E-state index contributed by atoms with van der Waals surface area (Å²) in [6.45, 7) is 7.16. The third-order valence-electron chi connectivity index (χ3n) is 3.04. The van der Waals surface area contributed by atoms with Gasteiger partial charge in [0, 0.05) is 19.8 Å². The highest BCUT2D eigenvalue weighted by Gasteiger charge is 2.47. The zero-order valence-corrected chi connectivity index (χ0v) is 15.2. The van der Waals surface area contributed by atoms with E-state index in [2.05, 4.69) is 0 Å². The summed E-state index contributed by atoms with van der Waals surface area (Å²) in [6.07, 6.45) is 0. The van der Waals surface area contributed by atoms with Gasteiger partial charge >= 0.3 is 8.80 Å². The first-order valence-corrected chi connectivity index (χ1v) is 9.07. The molecule has 22 heavy (non-hydrogen) atoms. The Balaban J connectivity index is 3.52. The fourth-order valence-electron chi connectivity index (χ4n) is 2.27. The molecule has 126 valence electrons. The second-order valence-electron chi connectivity index (χ2n) is 4.24. The fourth-order valence-corrected chi connectivity index (χ4v) is 4.91. The van der Waals surface area contributed by atoms with E-state index in [9.17, 15) is 0 Å². The van der Waals surface area contributed by atoms with E-state index < -0.39 is 8.80 Å². The van der Waals surface area contributed by atoms with Crippen LogP contribution in [0.3, 0.4) is 0 Å². The van der Waals surface area contributed by atoms with E-state index in [-0.39, 0.29) is 0 Å². The zero-order valence-electron chi connectivity index (χ0n) is 14.2. The van der Waals surface area contributed by atoms with Crippen molar-refractivity contribution in [2.24, 2.45) is 0 Å². The van der Waals surface area contributed by atoms with Gasteiger partial charge in [-0.1, -0.05) is 0 Å². The van der Waals surface area contributed by atoms with Gasteiger partial charge in [0.05, 0.1) is 26.5 Å². The van der Waals surface area contributed by atoms with Gasteiger partial charge in [-0.05, 0) is 32.9 Å². The van der Waals surface area contributed by atoms with Crippen LogP contribution < -0.4 is 19.4 Å². The SMILES string of the molecule is CCO[Si](OCC)(OCC)c1ccc(OC)c(OC)c1OC. The second-order valence-corrected chi connectivity index (χ2v) is 6.75. The number of hydrogen-bond acceptors (Lipinski definition) is 6. The van der Waals surface area contributed by atoms with Gasteiger partial charge in [0.25, 0.3) is 0 Å². The minimum absolute atomic E-state index is 0.476. The van der Waals surface area contributed by atoms with Crippen LogP contribution in [0.2, 0.25) is 0 Å². The van der Waals surface area contributed by atoms with Crippen LogP contribution in [0.4, 0.5) is 0 Å². The molecule has 7 heteroatoms. The smallest absolute Gasteiger partial charge is 0.493 e. The molecule has 0 N–H and O–H groups in total. The summed E-state index contributed by atoms with van der Waals surface area (Å²) in [5, 5.41) is 0.734. The summed E-state index contributed by atoms with van der Waals surface area (Å²) in [6, 6.07) is 3.66. The van der Waals surface area contributed by atoms with E-state index >= 15 is 0 Å². The van der Waals surface area contributed by atoms with Crippen LogP contribution >= 0.6 is 0 Å². The molecular weight excluding hydrogens is 304 g/mol. The molecule has 0 radical (unpaired) electrons. The Hall–Kier alpha value is -1.28. The highest BCUT2D eigenvalue weighted by atomic mass is 28.4. The quantitative estimate of drug-likeness (QED) is 0.611. The molecule has 1 rings (SSSR count). The first-order chi connectivity index (χ1) is 10.6. The van der Waals surface area contributed by atoms with E-state index in [1.54, 1.807) is 27.4 Å². The van der Waals surface area contributed by atoms with Crippen LogP contribution in [0.15, 0.2) is 12.1 Å². The summed E-state index contributed by atoms with van der Waals surface area (Å²) >= 11 is 0. The molecule has 0 spiro atoms. The molecule has 0 fully saturated rings. The number of benzene rings is 1. The molecular formula is C15H26O6Si. The van der Waals surface area contributed by atoms with Gasteiger partial charge in [0.15, 0.2) is 11.5 Å². The summed E-state index contributed by atoms with van der Waals surface area (Å²) in [7, 11) is 1.64. The Labute approximate surface area is 133 Å². The molecule has 0 heterocycles. The monoisotopic (exact) mass is 330 g/mol. The average Bonchev–Trinajstić information content (AvgIpc) is 2.53. The molecule has 0 aliphatic carbocycles. The molecule has 0 aliphatic rings. The predicted molar refractivity (Wildman–Crippen MR) is 86.4 cm³/mol. The maximum atomic E-state index is 5.93. The van der Waals surface area contributed by atoms with Gasteiger partial charge in [-0.3, -0.25) is 0 Å². The molecule has 0 aliphatic heterocycles. The van der Waals surface area contributed by atoms with Crippen molar-refractivity contribution in [3.8, 4) is 17.2 Å². The van der Waals surface area contributed by atoms with Gasteiger partial charge in [-0.2, -0.15) is 0 Å².